The maximum absolute atomic E-state index is 12.1. The van der Waals surface area contributed by atoms with Crippen molar-refractivity contribution in [3.8, 4) is 5.75 Å². The first-order chi connectivity index (χ1) is 9.43. The van der Waals surface area contributed by atoms with Crippen molar-refractivity contribution >= 4 is 11.6 Å². The molecular weight excluding hydrogens is 252 g/mol. The van der Waals surface area contributed by atoms with E-state index < -0.39 is 0 Å². The van der Waals surface area contributed by atoms with Crippen molar-refractivity contribution in [2.45, 2.75) is 46.6 Å². The molecular formula is C16H26N2O2. The molecule has 0 fully saturated rings. The number of nitrogen functional groups attached to an aromatic ring is 1. The minimum Gasteiger partial charge on any atom is -0.491 e. The summed E-state index contributed by atoms with van der Waals surface area (Å²) in [5.74, 6) is 1.07. The number of hydrogen-bond donors (Lipinski definition) is 2. The molecule has 0 bridgehead atoms. The molecule has 0 saturated carbocycles. The second-order valence-electron chi connectivity index (χ2n) is 5.57. The fraction of sp³-hybridized carbons (Fsp3) is 0.562. The molecule has 1 atom stereocenters. The molecule has 0 spiro atoms. The minimum absolute atomic E-state index is 0.0898. The van der Waals surface area contributed by atoms with Gasteiger partial charge in [0, 0.05) is 11.6 Å². The summed E-state index contributed by atoms with van der Waals surface area (Å²) in [6.07, 6.45) is 1.86. The van der Waals surface area contributed by atoms with Crippen LogP contribution < -0.4 is 15.8 Å². The number of nitrogens with one attached hydrogen (secondary N) is 1. The zero-order valence-electron chi connectivity index (χ0n) is 12.9. The monoisotopic (exact) mass is 278 g/mol. The molecule has 0 aliphatic rings. The third kappa shape index (κ3) is 5.11. The molecule has 1 aromatic rings. The average molecular weight is 278 g/mol. The van der Waals surface area contributed by atoms with E-state index in [0.717, 1.165) is 12.8 Å². The Kier molecular flexibility index (Phi) is 6.36. The lowest BCUT2D eigenvalue weighted by Gasteiger charge is -2.14. The number of ether oxygens (including phenoxy) is 1. The molecule has 0 heterocycles. The van der Waals surface area contributed by atoms with Crippen LogP contribution in [-0.4, -0.2) is 18.6 Å². The molecule has 0 aromatic heterocycles. The number of benzene rings is 1. The van der Waals surface area contributed by atoms with Gasteiger partial charge >= 0.3 is 0 Å². The summed E-state index contributed by atoms with van der Waals surface area (Å²) in [6.45, 7) is 8.91. The van der Waals surface area contributed by atoms with Crippen molar-refractivity contribution in [2.24, 2.45) is 5.92 Å². The first-order valence-electron chi connectivity index (χ1n) is 7.27. The smallest absolute Gasteiger partial charge is 0.251 e. The first kappa shape index (κ1) is 16.3. The molecule has 1 aromatic carbocycles. The van der Waals surface area contributed by atoms with Crippen LogP contribution in [0.4, 0.5) is 5.69 Å². The molecule has 0 aliphatic carbocycles. The second-order valence-corrected chi connectivity index (χ2v) is 5.57. The van der Waals surface area contributed by atoms with Crippen molar-refractivity contribution in [1.29, 1.82) is 0 Å². The van der Waals surface area contributed by atoms with E-state index in [1.54, 1.807) is 18.2 Å². The topological polar surface area (TPSA) is 64.4 Å². The standard InChI is InChI=1S/C16H26N2O2/c1-5-12(4)18-16(19)13-6-7-14(17)15(10-13)20-9-8-11(2)3/h6-7,10-12H,5,8-9,17H2,1-4H3,(H,18,19). The third-order valence-electron chi connectivity index (χ3n) is 3.22. The second kappa shape index (κ2) is 7.78. The predicted octanol–water partition coefficient (Wildman–Crippen LogP) is 3.22. The summed E-state index contributed by atoms with van der Waals surface area (Å²) in [6, 6.07) is 5.32. The van der Waals surface area contributed by atoms with Crippen LogP contribution in [0, 0.1) is 5.92 Å². The lowest BCUT2D eigenvalue weighted by atomic mass is 10.1. The lowest BCUT2D eigenvalue weighted by Crippen LogP contribution is -2.31. The average Bonchev–Trinajstić information content (AvgIpc) is 2.40. The Morgan fingerprint density at radius 1 is 1.35 bits per heavy atom. The van der Waals surface area contributed by atoms with Gasteiger partial charge in [0.2, 0.25) is 0 Å². The Balaban J connectivity index is 2.72. The van der Waals surface area contributed by atoms with E-state index in [2.05, 4.69) is 19.2 Å². The SMILES string of the molecule is CCC(C)NC(=O)c1ccc(N)c(OCCC(C)C)c1. The van der Waals surface area contributed by atoms with Crippen LogP contribution >= 0.6 is 0 Å². The Bertz CT molecular complexity index is 444. The van der Waals surface area contributed by atoms with E-state index in [9.17, 15) is 4.79 Å². The number of hydrogen-bond acceptors (Lipinski definition) is 3. The van der Waals surface area contributed by atoms with Gasteiger partial charge in [-0.3, -0.25) is 4.79 Å². The van der Waals surface area contributed by atoms with Crippen molar-refractivity contribution in [3.05, 3.63) is 23.8 Å². The zero-order chi connectivity index (χ0) is 15.1. The van der Waals surface area contributed by atoms with Gasteiger partial charge in [-0.15, -0.1) is 0 Å². The van der Waals surface area contributed by atoms with Crippen LogP contribution in [0.25, 0.3) is 0 Å². The summed E-state index contributed by atoms with van der Waals surface area (Å²) < 4.78 is 5.66. The van der Waals surface area contributed by atoms with E-state index in [-0.39, 0.29) is 11.9 Å². The number of carbonyl (C=O) groups excluding carboxylic acids is 1. The minimum atomic E-state index is -0.0898. The normalized spacial score (nSPS) is 12.2. The summed E-state index contributed by atoms with van der Waals surface area (Å²) >= 11 is 0. The first-order valence-corrected chi connectivity index (χ1v) is 7.27. The van der Waals surface area contributed by atoms with Crippen molar-refractivity contribution in [1.82, 2.24) is 5.32 Å². The van der Waals surface area contributed by atoms with Gasteiger partial charge in [0.1, 0.15) is 5.75 Å². The predicted molar refractivity (Wildman–Crippen MR) is 83.0 cm³/mol. The van der Waals surface area contributed by atoms with E-state index in [4.69, 9.17) is 10.5 Å². The Morgan fingerprint density at radius 3 is 2.65 bits per heavy atom. The molecule has 4 heteroatoms. The number of nitrogens with two attached hydrogens (primary N) is 1. The van der Waals surface area contributed by atoms with E-state index in [1.165, 1.54) is 0 Å². The van der Waals surface area contributed by atoms with Gasteiger partial charge in [-0.05, 0) is 43.9 Å². The van der Waals surface area contributed by atoms with Gasteiger partial charge in [-0.2, -0.15) is 0 Å². The Labute approximate surface area is 121 Å². The molecule has 4 nitrogen and oxygen atoms in total. The quantitative estimate of drug-likeness (QED) is 0.753. The fourth-order valence-corrected chi connectivity index (χ4v) is 1.61. The van der Waals surface area contributed by atoms with E-state index in [1.807, 2.05) is 13.8 Å². The molecule has 0 radical (unpaired) electrons. The van der Waals surface area contributed by atoms with Crippen LogP contribution in [-0.2, 0) is 0 Å². The highest BCUT2D eigenvalue weighted by molar-refractivity contribution is 5.95. The van der Waals surface area contributed by atoms with Gasteiger partial charge in [-0.1, -0.05) is 20.8 Å². The summed E-state index contributed by atoms with van der Waals surface area (Å²) in [7, 11) is 0. The number of amides is 1. The van der Waals surface area contributed by atoms with E-state index >= 15 is 0 Å². The highest BCUT2D eigenvalue weighted by Crippen LogP contribution is 2.23. The Hall–Kier alpha value is -1.71. The van der Waals surface area contributed by atoms with Crippen LogP contribution in [0.2, 0.25) is 0 Å². The molecule has 0 saturated heterocycles. The summed E-state index contributed by atoms with van der Waals surface area (Å²) in [5.41, 5.74) is 7.02. The molecule has 0 aliphatic heterocycles. The van der Waals surface area contributed by atoms with Gasteiger partial charge < -0.3 is 15.8 Å². The molecule has 112 valence electrons. The molecule has 1 rings (SSSR count). The highest BCUT2D eigenvalue weighted by Gasteiger charge is 2.11. The number of rotatable bonds is 7. The highest BCUT2D eigenvalue weighted by atomic mass is 16.5. The lowest BCUT2D eigenvalue weighted by molar-refractivity contribution is 0.0939. The maximum atomic E-state index is 12.1. The van der Waals surface area contributed by atoms with Crippen LogP contribution in [0.5, 0.6) is 5.75 Å². The molecule has 3 N–H and O–H groups in total. The molecule has 1 amide bonds. The Morgan fingerprint density at radius 2 is 2.05 bits per heavy atom. The van der Waals surface area contributed by atoms with E-state index in [0.29, 0.717) is 29.5 Å². The van der Waals surface area contributed by atoms with Crippen molar-refractivity contribution < 1.29 is 9.53 Å². The summed E-state index contributed by atoms with van der Waals surface area (Å²) in [4.78, 5) is 12.1. The molecule has 20 heavy (non-hydrogen) atoms. The van der Waals surface area contributed by atoms with Crippen molar-refractivity contribution in [2.75, 3.05) is 12.3 Å². The zero-order valence-corrected chi connectivity index (χ0v) is 12.9. The third-order valence-corrected chi connectivity index (χ3v) is 3.22. The summed E-state index contributed by atoms with van der Waals surface area (Å²) in [5, 5.41) is 2.93. The van der Waals surface area contributed by atoms with Gasteiger partial charge in [0.05, 0.1) is 12.3 Å². The van der Waals surface area contributed by atoms with Crippen LogP contribution in [0.3, 0.4) is 0 Å². The van der Waals surface area contributed by atoms with Gasteiger partial charge in [-0.25, -0.2) is 0 Å². The van der Waals surface area contributed by atoms with Gasteiger partial charge in [0.25, 0.3) is 5.91 Å². The van der Waals surface area contributed by atoms with Gasteiger partial charge in [0.15, 0.2) is 0 Å². The molecule has 1 unspecified atom stereocenters. The maximum Gasteiger partial charge on any atom is 0.251 e. The van der Waals surface area contributed by atoms with Crippen LogP contribution in [0.15, 0.2) is 18.2 Å². The van der Waals surface area contributed by atoms with Crippen LogP contribution in [0.1, 0.15) is 50.9 Å². The fourth-order valence-electron chi connectivity index (χ4n) is 1.61. The number of anilines is 1. The number of carbonyl (C=O) groups is 1. The largest absolute Gasteiger partial charge is 0.491 e. The van der Waals surface area contributed by atoms with Crippen molar-refractivity contribution in [3.63, 3.8) is 0 Å².